The lowest BCUT2D eigenvalue weighted by molar-refractivity contribution is 0.145. The van der Waals surface area contributed by atoms with Gasteiger partial charge in [-0.15, -0.1) is 0 Å². The van der Waals surface area contributed by atoms with E-state index >= 15 is 0 Å². The molecule has 3 rings (SSSR count). The number of nitrogens with zero attached hydrogens (tertiary/aromatic N) is 4. The second-order valence-corrected chi connectivity index (χ2v) is 6.52. The van der Waals surface area contributed by atoms with Crippen LogP contribution in [0, 0.1) is 0 Å². The van der Waals surface area contributed by atoms with Crippen LogP contribution in [-0.4, -0.2) is 31.0 Å². The molecule has 24 heavy (non-hydrogen) atoms. The van der Waals surface area contributed by atoms with E-state index in [1.54, 1.807) is 17.3 Å². The molecule has 7 nitrogen and oxygen atoms in total. The average molecular weight is 353 g/mol. The topological polar surface area (TPSA) is 93.6 Å². The Morgan fingerprint density at radius 1 is 1.21 bits per heavy atom. The predicted octanol–water partition coefficient (Wildman–Crippen LogP) is 1.82. The standard InChI is InChI=1S/C14H13F2N5O2S/c15-14(16)12-9-13(20-7-5-18-6-8-20)21(19-12)10-1-3-11(4-2-10)24(17,22)23/h1-7,9,14H,8H2,(H2,17,22,23). The molecule has 126 valence electrons. The first-order valence-electron chi connectivity index (χ1n) is 6.82. The first kappa shape index (κ1) is 16.3. The minimum atomic E-state index is -3.83. The smallest absolute Gasteiger partial charge is 0.282 e. The number of rotatable bonds is 4. The van der Waals surface area contributed by atoms with Crippen LogP contribution in [0.15, 0.2) is 52.6 Å². The number of alkyl halides is 2. The Hall–Kier alpha value is -2.59. The summed E-state index contributed by atoms with van der Waals surface area (Å²) < 4.78 is 50.0. The number of hydrogen-bond donors (Lipinski definition) is 1. The number of primary sulfonamides is 1. The van der Waals surface area contributed by atoms with E-state index in [-0.39, 0.29) is 10.6 Å². The van der Waals surface area contributed by atoms with Crippen molar-refractivity contribution in [3.63, 3.8) is 0 Å². The van der Waals surface area contributed by atoms with Gasteiger partial charge in [0.15, 0.2) is 0 Å². The third kappa shape index (κ3) is 3.19. The van der Waals surface area contributed by atoms with E-state index < -0.39 is 16.4 Å². The number of hydrogen-bond acceptors (Lipinski definition) is 5. The maximum atomic E-state index is 13.0. The van der Waals surface area contributed by atoms with Crippen molar-refractivity contribution in [3.05, 3.63) is 48.4 Å². The molecule has 0 radical (unpaired) electrons. The van der Waals surface area contributed by atoms with Crippen LogP contribution >= 0.6 is 0 Å². The lowest BCUT2D eigenvalue weighted by Gasteiger charge is -2.20. The van der Waals surface area contributed by atoms with Gasteiger partial charge in [0.05, 0.1) is 17.1 Å². The van der Waals surface area contributed by atoms with E-state index in [0.717, 1.165) is 0 Å². The molecule has 1 aliphatic rings. The van der Waals surface area contributed by atoms with Gasteiger partial charge in [-0.3, -0.25) is 4.99 Å². The Morgan fingerprint density at radius 3 is 2.46 bits per heavy atom. The Kier molecular flexibility index (Phi) is 4.16. The third-order valence-electron chi connectivity index (χ3n) is 3.35. The molecule has 2 heterocycles. The van der Waals surface area contributed by atoms with Crippen LogP contribution in [0.5, 0.6) is 0 Å². The Morgan fingerprint density at radius 2 is 1.92 bits per heavy atom. The molecule has 0 bridgehead atoms. The summed E-state index contributed by atoms with van der Waals surface area (Å²) in [7, 11) is -3.83. The number of sulfonamides is 1. The summed E-state index contributed by atoms with van der Waals surface area (Å²) in [5.74, 6) is 0.413. The first-order valence-corrected chi connectivity index (χ1v) is 8.37. The van der Waals surface area contributed by atoms with Crippen LogP contribution in [0.25, 0.3) is 5.69 Å². The van der Waals surface area contributed by atoms with Gasteiger partial charge in [0.25, 0.3) is 6.43 Å². The normalized spacial score (nSPS) is 14.6. The van der Waals surface area contributed by atoms with Gasteiger partial charge in [-0.1, -0.05) is 0 Å². The molecule has 0 unspecified atom stereocenters. The molecule has 0 spiro atoms. The number of aliphatic imine (C=N–C) groups is 1. The van der Waals surface area contributed by atoms with Gasteiger partial charge < -0.3 is 4.90 Å². The number of benzene rings is 1. The Labute approximate surface area is 136 Å². The van der Waals surface area contributed by atoms with Crippen molar-refractivity contribution in [1.82, 2.24) is 9.78 Å². The second-order valence-electron chi connectivity index (χ2n) is 4.96. The Balaban J connectivity index is 2.06. The fourth-order valence-electron chi connectivity index (χ4n) is 2.21. The first-order chi connectivity index (χ1) is 11.4. The molecule has 1 aromatic heterocycles. The van der Waals surface area contributed by atoms with E-state index in [9.17, 15) is 17.2 Å². The minimum absolute atomic E-state index is 0.0703. The third-order valence-corrected chi connectivity index (χ3v) is 4.28. The van der Waals surface area contributed by atoms with Gasteiger partial charge in [0, 0.05) is 24.7 Å². The van der Waals surface area contributed by atoms with Crippen LogP contribution in [0.1, 0.15) is 12.1 Å². The quantitative estimate of drug-likeness (QED) is 0.907. The molecule has 0 fully saturated rings. The molecule has 0 atom stereocenters. The van der Waals surface area contributed by atoms with Gasteiger partial charge in [-0.05, 0) is 24.3 Å². The van der Waals surface area contributed by atoms with Crippen molar-refractivity contribution >= 4 is 22.1 Å². The summed E-state index contributed by atoms with van der Waals surface area (Å²) in [5.41, 5.74) is 0.0525. The van der Waals surface area contributed by atoms with E-state index in [2.05, 4.69) is 10.1 Å². The number of aromatic nitrogens is 2. The maximum Gasteiger partial charge on any atom is 0.282 e. The van der Waals surface area contributed by atoms with Crippen molar-refractivity contribution in [2.24, 2.45) is 10.1 Å². The van der Waals surface area contributed by atoms with Crippen molar-refractivity contribution in [2.45, 2.75) is 11.3 Å². The largest absolute Gasteiger partial charge is 0.326 e. The van der Waals surface area contributed by atoms with E-state index in [4.69, 9.17) is 5.14 Å². The molecular weight excluding hydrogens is 340 g/mol. The second kappa shape index (κ2) is 6.13. The zero-order valence-corrected chi connectivity index (χ0v) is 13.1. The highest BCUT2D eigenvalue weighted by atomic mass is 32.2. The lowest BCUT2D eigenvalue weighted by atomic mass is 10.3. The maximum absolute atomic E-state index is 13.0. The van der Waals surface area contributed by atoms with E-state index in [1.807, 2.05) is 0 Å². The molecule has 10 heteroatoms. The lowest BCUT2D eigenvalue weighted by Crippen LogP contribution is -2.23. The van der Waals surface area contributed by atoms with Gasteiger partial charge >= 0.3 is 0 Å². The summed E-state index contributed by atoms with van der Waals surface area (Å²) in [4.78, 5) is 5.55. The monoisotopic (exact) mass is 353 g/mol. The summed E-state index contributed by atoms with van der Waals surface area (Å²) in [6.45, 7) is 0.403. The average Bonchev–Trinajstić information content (AvgIpc) is 3.00. The van der Waals surface area contributed by atoms with Crippen LogP contribution in [0.3, 0.4) is 0 Å². The van der Waals surface area contributed by atoms with Gasteiger partial charge in [0.1, 0.15) is 11.5 Å². The summed E-state index contributed by atoms with van der Waals surface area (Å²) in [6, 6.07) is 6.78. The zero-order chi connectivity index (χ0) is 17.3. The highest BCUT2D eigenvalue weighted by Gasteiger charge is 2.20. The fraction of sp³-hybridized carbons (Fsp3) is 0.143. The highest BCUT2D eigenvalue weighted by molar-refractivity contribution is 7.89. The number of anilines is 1. The van der Waals surface area contributed by atoms with Gasteiger partial charge in [-0.25, -0.2) is 27.0 Å². The molecule has 0 amide bonds. The number of halogens is 2. The van der Waals surface area contributed by atoms with Crippen LogP contribution in [-0.2, 0) is 10.0 Å². The molecule has 0 aliphatic carbocycles. The molecule has 1 aromatic carbocycles. The van der Waals surface area contributed by atoms with Crippen LogP contribution < -0.4 is 10.0 Å². The van der Waals surface area contributed by atoms with Crippen molar-refractivity contribution in [1.29, 1.82) is 0 Å². The molecule has 1 aliphatic heterocycles. The van der Waals surface area contributed by atoms with Crippen molar-refractivity contribution < 1.29 is 17.2 Å². The minimum Gasteiger partial charge on any atom is -0.326 e. The van der Waals surface area contributed by atoms with E-state index in [0.29, 0.717) is 18.1 Å². The fourth-order valence-corrected chi connectivity index (χ4v) is 2.73. The van der Waals surface area contributed by atoms with Gasteiger partial charge in [0.2, 0.25) is 10.0 Å². The Bertz CT molecular complexity index is 904. The summed E-state index contributed by atoms with van der Waals surface area (Å²) in [5, 5.41) is 8.97. The molecule has 0 saturated carbocycles. The van der Waals surface area contributed by atoms with Gasteiger partial charge in [-0.2, -0.15) is 5.10 Å². The number of nitrogens with two attached hydrogens (primary N) is 1. The van der Waals surface area contributed by atoms with Crippen molar-refractivity contribution in [2.75, 3.05) is 11.4 Å². The SMILES string of the molecule is NS(=O)(=O)c1ccc(-n2nc(C(F)F)cc2N2C=CN=CC2)cc1. The highest BCUT2D eigenvalue weighted by Crippen LogP contribution is 2.27. The van der Waals surface area contributed by atoms with Crippen LogP contribution in [0.2, 0.25) is 0 Å². The molecule has 0 saturated heterocycles. The molecule has 2 N–H and O–H groups in total. The van der Waals surface area contributed by atoms with Crippen LogP contribution in [0.4, 0.5) is 14.6 Å². The summed E-state index contributed by atoms with van der Waals surface area (Å²) in [6.07, 6.45) is 2.08. The van der Waals surface area contributed by atoms with Crippen molar-refractivity contribution in [3.8, 4) is 5.69 Å². The molecular formula is C14H13F2N5O2S. The summed E-state index contributed by atoms with van der Waals surface area (Å²) >= 11 is 0. The van der Waals surface area contributed by atoms with E-state index in [1.165, 1.54) is 41.2 Å². The molecule has 2 aromatic rings. The predicted molar refractivity (Wildman–Crippen MR) is 84.9 cm³/mol. The zero-order valence-electron chi connectivity index (χ0n) is 12.3.